The van der Waals surface area contributed by atoms with Crippen LogP contribution in [0.5, 0.6) is 0 Å². The Morgan fingerprint density at radius 2 is 2.24 bits per heavy atom. The maximum Gasteiger partial charge on any atom is 0.320 e. The van der Waals surface area contributed by atoms with Gasteiger partial charge in [0.1, 0.15) is 0 Å². The van der Waals surface area contributed by atoms with Gasteiger partial charge in [-0.05, 0) is 47.8 Å². The molecule has 1 aromatic heterocycles. The molecule has 7 heteroatoms. The third-order valence-corrected chi connectivity index (χ3v) is 2.95. The van der Waals surface area contributed by atoms with Gasteiger partial charge in [0.25, 0.3) is 0 Å². The Morgan fingerprint density at radius 1 is 1.41 bits per heavy atom. The number of halogens is 2. The van der Waals surface area contributed by atoms with E-state index in [1.54, 1.807) is 0 Å². The monoisotopic (exact) mass is 364 g/mol. The number of nitrogens with one attached hydrogen (secondary N) is 2. The number of hydrogen-bond donors (Lipinski definition) is 2. The lowest BCUT2D eigenvalue weighted by Crippen LogP contribution is -2.04. The zero-order chi connectivity index (χ0) is 12.3. The van der Waals surface area contributed by atoms with Gasteiger partial charge in [-0.3, -0.25) is 0 Å². The second kappa shape index (κ2) is 5.65. The van der Waals surface area contributed by atoms with Crippen molar-refractivity contribution >= 4 is 45.9 Å². The molecule has 0 atom stereocenters. The summed E-state index contributed by atoms with van der Waals surface area (Å²) < 4.78 is 6.43. The first-order valence-electron chi connectivity index (χ1n) is 4.88. The summed E-state index contributed by atoms with van der Waals surface area (Å²) in [5.74, 6) is 0.525. The van der Waals surface area contributed by atoms with Crippen molar-refractivity contribution in [3.8, 4) is 0 Å². The van der Waals surface area contributed by atoms with E-state index in [4.69, 9.17) is 16.0 Å². The average molecular weight is 365 g/mol. The number of anilines is 2. The van der Waals surface area contributed by atoms with Crippen LogP contribution in [0.4, 0.5) is 11.7 Å². The second-order valence-electron chi connectivity index (χ2n) is 3.28. The fourth-order valence-corrected chi connectivity index (χ4v) is 2.14. The molecule has 0 radical (unpaired) electrons. The number of benzene rings is 1. The van der Waals surface area contributed by atoms with Crippen LogP contribution < -0.4 is 10.6 Å². The fourth-order valence-electron chi connectivity index (χ4n) is 1.23. The van der Waals surface area contributed by atoms with Gasteiger partial charge in [-0.2, -0.15) is 0 Å². The Hall–Kier alpha value is -0.860. The molecule has 0 bridgehead atoms. The van der Waals surface area contributed by atoms with Crippen LogP contribution in [-0.2, 0) is 6.54 Å². The van der Waals surface area contributed by atoms with E-state index in [0.717, 1.165) is 9.26 Å². The molecule has 0 saturated heterocycles. The van der Waals surface area contributed by atoms with Gasteiger partial charge in [0, 0.05) is 3.57 Å². The molecule has 90 valence electrons. The van der Waals surface area contributed by atoms with Crippen molar-refractivity contribution in [3.63, 3.8) is 0 Å². The van der Waals surface area contributed by atoms with E-state index in [0.29, 0.717) is 23.5 Å². The van der Waals surface area contributed by atoms with E-state index >= 15 is 0 Å². The maximum atomic E-state index is 6.08. The van der Waals surface area contributed by atoms with Crippen molar-refractivity contribution < 1.29 is 4.42 Å². The molecule has 5 nitrogen and oxygen atoms in total. The van der Waals surface area contributed by atoms with Crippen LogP contribution in [0, 0.1) is 3.57 Å². The summed E-state index contributed by atoms with van der Waals surface area (Å²) in [5, 5.41) is 14.2. The molecule has 0 aliphatic rings. The third-order valence-electron chi connectivity index (χ3n) is 1.97. The van der Waals surface area contributed by atoms with Gasteiger partial charge in [-0.15, -0.1) is 5.10 Å². The molecule has 0 unspecified atom stereocenters. The summed E-state index contributed by atoms with van der Waals surface area (Å²) in [6.45, 7) is 0.537. The van der Waals surface area contributed by atoms with Crippen molar-refractivity contribution in [1.82, 2.24) is 15.5 Å². The molecule has 0 spiro atoms. The minimum Gasteiger partial charge on any atom is -0.406 e. The maximum absolute atomic E-state index is 6.08. The standard InChI is InChI=1S/C10H10ClIN4O/c1-13-5-9-15-16-10(17-9)14-8-3-2-6(12)4-7(8)11/h2-4,13H,5H2,1H3,(H,14,16). The normalized spacial score (nSPS) is 10.5. The van der Waals surface area contributed by atoms with E-state index in [2.05, 4.69) is 43.4 Å². The van der Waals surface area contributed by atoms with Crippen molar-refractivity contribution in [1.29, 1.82) is 0 Å². The van der Waals surface area contributed by atoms with Gasteiger partial charge in [0.15, 0.2) is 0 Å². The highest BCUT2D eigenvalue weighted by Gasteiger charge is 2.07. The Balaban J connectivity index is 2.13. The van der Waals surface area contributed by atoms with Gasteiger partial charge in [-0.1, -0.05) is 16.7 Å². The van der Waals surface area contributed by atoms with E-state index in [9.17, 15) is 0 Å². The fraction of sp³-hybridized carbons (Fsp3) is 0.200. The first-order valence-corrected chi connectivity index (χ1v) is 6.34. The summed E-state index contributed by atoms with van der Waals surface area (Å²) in [7, 11) is 1.81. The SMILES string of the molecule is CNCc1nnc(Nc2ccc(I)cc2Cl)o1. The lowest BCUT2D eigenvalue weighted by atomic mass is 10.3. The van der Waals surface area contributed by atoms with Crippen LogP contribution in [0.25, 0.3) is 0 Å². The van der Waals surface area contributed by atoms with Gasteiger partial charge >= 0.3 is 6.01 Å². The van der Waals surface area contributed by atoms with Crippen molar-refractivity contribution in [2.75, 3.05) is 12.4 Å². The molecule has 0 aliphatic heterocycles. The van der Waals surface area contributed by atoms with Crippen LogP contribution >= 0.6 is 34.2 Å². The lowest BCUT2D eigenvalue weighted by Gasteiger charge is -2.03. The minimum absolute atomic E-state index is 0.332. The second-order valence-corrected chi connectivity index (χ2v) is 4.93. The highest BCUT2D eigenvalue weighted by Crippen LogP contribution is 2.26. The molecule has 0 amide bonds. The van der Waals surface area contributed by atoms with Crippen molar-refractivity contribution in [2.45, 2.75) is 6.54 Å². The van der Waals surface area contributed by atoms with Gasteiger partial charge in [-0.25, -0.2) is 0 Å². The zero-order valence-corrected chi connectivity index (χ0v) is 11.9. The Morgan fingerprint density at radius 3 is 2.94 bits per heavy atom. The predicted octanol–water partition coefficient (Wildman–Crippen LogP) is 2.79. The summed E-state index contributed by atoms with van der Waals surface area (Å²) >= 11 is 8.27. The molecular formula is C10H10ClIN4O. The van der Waals surface area contributed by atoms with Gasteiger partial charge in [0.2, 0.25) is 5.89 Å². The number of nitrogens with zero attached hydrogens (tertiary/aromatic N) is 2. The zero-order valence-electron chi connectivity index (χ0n) is 9.00. The summed E-state index contributed by atoms with van der Waals surface area (Å²) in [6, 6.07) is 6.00. The third kappa shape index (κ3) is 3.30. The molecule has 2 N–H and O–H groups in total. The largest absolute Gasteiger partial charge is 0.406 e. The highest BCUT2D eigenvalue weighted by molar-refractivity contribution is 14.1. The Labute approximate surface area is 117 Å². The number of aromatic nitrogens is 2. The average Bonchev–Trinajstić information content (AvgIpc) is 2.71. The van der Waals surface area contributed by atoms with E-state index in [1.807, 2.05) is 25.2 Å². The molecule has 2 rings (SSSR count). The van der Waals surface area contributed by atoms with E-state index < -0.39 is 0 Å². The molecule has 0 aliphatic carbocycles. The molecule has 1 heterocycles. The highest BCUT2D eigenvalue weighted by atomic mass is 127. The topological polar surface area (TPSA) is 63.0 Å². The molecule has 17 heavy (non-hydrogen) atoms. The summed E-state index contributed by atoms with van der Waals surface area (Å²) in [4.78, 5) is 0. The van der Waals surface area contributed by atoms with Crippen LogP contribution in [0.1, 0.15) is 5.89 Å². The molecule has 0 fully saturated rings. The first-order chi connectivity index (χ1) is 8.19. The minimum atomic E-state index is 0.332. The van der Waals surface area contributed by atoms with Gasteiger partial charge < -0.3 is 15.1 Å². The van der Waals surface area contributed by atoms with Crippen LogP contribution in [0.3, 0.4) is 0 Å². The van der Waals surface area contributed by atoms with Crippen LogP contribution in [-0.4, -0.2) is 17.2 Å². The summed E-state index contributed by atoms with van der Waals surface area (Å²) in [5.41, 5.74) is 0.742. The molecule has 2 aromatic rings. The van der Waals surface area contributed by atoms with E-state index in [-0.39, 0.29) is 0 Å². The quantitative estimate of drug-likeness (QED) is 0.817. The van der Waals surface area contributed by atoms with Crippen molar-refractivity contribution in [2.24, 2.45) is 0 Å². The molecular weight excluding hydrogens is 354 g/mol. The van der Waals surface area contributed by atoms with Crippen molar-refractivity contribution in [3.05, 3.63) is 32.7 Å². The predicted molar refractivity (Wildman–Crippen MR) is 74.5 cm³/mol. The van der Waals surface area contributed by atoms with Gasteiger partial charge in [0.05, 0.1) is 17.3 Å². The Kier molecular flexibility index (Phi) is 4.19. The van der Waals surface area contributed by atoms with Crippen LogP contribution in [0.2, 0.25) is 5.02 Å². The Bertz CT molecular complexity index is 517. The summed E-state index contributed by atoms with van der Waals surface area (Å²) in [6.07, 6.45) is 0. The first kappa shape index (κ1) is 12.6. The smallest absolute Gasteiger partial charge is 0.320 e. The number of hydrogen-bond acceptors (Lipinski definition) is 5. The number of rotatable bonds is 4. The molecule has 1 aromatic carbocycles. The van der Waals surface area contributed by atoms with Crippen LogP contribution in [0.15, 0.2) is 22.6 Å². The molecule has 0 saturated carbocycles. The van der Waals surface area contributed by atoms with E-state index in [1.165, 1.54) is 0 Å². The lowest BCUT2D eigenvalue weighted by molar-refractivity contribution is 0.493.